The number of nitrogens with zero attached hydrogens (tertiary/aromatic N) is 3. The molecule has 0 aromatic heterocycles. The maximum Gasteiger partial charge on any atom is 0.0940 e. The molecule has 2 bridgehead atoms. The summed E-state index contributed by atoms with van der Waals surface area (Å²) in [4.78, 5) is 0. The molecular formula is C56H63N5. The predicted octanol–water partition coefficient (Wildman–Crippen LogP) is 12.1. The number of benzene rings is 3. The van der Waals surface area contributed by atoms with Crippen molar-refractivity contribution >= 4 is 11.6 Å². The quantitative estimate of drug-likeness (QED) is 0.158. The fourth-order valence-electron chi connectivity index (χ4n) is 8.67. The lowest BCUT2D eigenvalue weighted by Gasteiger charge is -2.45. The number of fused-ring (bicyclic) bond motifs is 3. The first-order valence-corrected chi connectivity index (χ1v) is 21.8. The number of hydrogen-bond acceptors (Lipinski definition) is 5. The number of rotatable bonds is 10. The molecule has 5 heteroatoms. The van der Waals surface area contributed by atoms with Crippen LogP contribution in [0.4, 0.5) is 0 Å². The van der Waals surface area contributed by atoms with Gasteiger partial charge in [-0.05, 0) is 94.5 Å². The van der Waals surface area contributed by atoms with Crippen LogP contribution in [0.1, 0.15) is 56.7 Å². The normalized spacial score (nSPS) is 22.6. The Labute approximate surface area is 365 Å². The lowest BCUT2D eigenvalue weighted by molar-refractivity contribution is 0.0197. The molecule has 0 radical (unpaired) electrons. The molecule has 0 spiro atoms. The van der Waals surface area contributed by atoms with Crippen LogP contribution < -0.4 is 11.2 Å². The highest BCUT2D eigenvalue weighted by Gasteiger charge is 2.37. The van der Waals surface area contributed by atoms with E-state index >= 15 is 0 Å². The van der Waals surface area contributed by atoms with Gasteiger partial charge >= 0.3 is 0 Å². The molecule has 2 aliphatic carbocycles. The van der Waals surface area contributed by atoms with Crippen molar-refractivity contribution in [3.8, 4) is 11.1 Å². The molecule has 2 heterocycles. The van der Waals surface area contributed by atoms with Gasteiger partial charge in [-0.2, -0.15) is 0 Å². The summed E-state index contributed by atoms with van der Waals surface area (Å²) in [5.74, 6) is 0.0935. The van der Waals surface area contributed by atoms with Crippen LogP contribution in [0.5, 0.6) is 0 Å². The summed E-state index contributed by atoms with van der Waals surface area (Å²) in [5.41, 5.74) is 24.9. The van der Waals surface area contributed by atoms with Crippen molar-refractivity contribution in [2.75, 3.05) is 26.7 Å². The van der Waals surface area contributed by atoms with E-state index in [1.54, 1.807) is 0 Å². The van der Waals surface area contributed by atoms with Crippen LogP contribution in [-0.2, 0) is 6.54 Å². The van der Waals surface area contributed by atoms with E-state index in [-0.39, 0.29) is 11.3 Å². The first-order valence-electron chi connectivity index (χ1n) is 21.8. The molecular weight excluding hydrogens is 743 g/mol. The molecule has 3 N–H and O–H groups in total. The maximum atomic E-state index is 7.19. The highest BCUT2D eigenvalue weighted by atomic mass is 15.6. The summed E-state index contributed by atoms with van der Waals surface area (Å²) in [6, 6.07) is 28.3. The van der Waals surface area contributed by atoms with E-state index in [1.807, 2.05) is 0 Å². The number of hydrazine groups is 2. The van der Waals surface area contributed by atoms with Gasteiger partial charge < -0.3 is 10.7 Å². The third kappa shape index (κ3) is 10.7. The summed E-state index contributed by atoms with van der Waals surface area (Å²) in [5, 5.41) is 7.17. The summed E-state index contributed by atoms with van der Waals surface area (Å²) in [6.45, 7) is 18.8. The fraction of sp³-hybridized carbons (Fsp3) is 0.250. The average Bonchev–Trinajstić information content (AvgIpc) is 3.35. The van der Waals surface area contributed by atoms with Crippen LogP contribution in [0.25, 0.3) is 22.8 Å². The van der Waals surface area contributed by atoms with Crippen molar-refractivity contribution in [2.24, 2.45) is 17.1 Å². The van der Waals surface area contributed by atoms with Gasteiger partial charge in [-0.1, -0.05) is 184 Å². The van der Waals surface area contributed by atoms with Crippen molar-refractivity contribution in [1.82, 2.24) is 20.5 Å². The Morgan fingerprint density at radius 2 is 1.62 bits per heavy atom. The number of nitrogens with one attached hydrogen (secondary N) is 1. The Kier molecular flexibility index (Phi) is 14.3. The van der Waals surface area contributed by atoms with Crippen LogP contribution in [0.3, 0.4) is 0 Å². The van der Waals surface area contributed by atoms with E-state index in [0.717, 1.165) is 60.2 Å². The summed E-state index contributed by atoms with van der Waals surface area (Å²) in [6.07, 6.45) is 35.5. The Bertz CT molecular complexity index is 2390. The molecule has 0 saturated carbocycles. The highest BCUT2D eigenvalue weighted by Crippen LogP contribution is 2.46. The predicted molar refractivity (Wildman–Crippen MR) is 260 cm³/mol. The van der Waals surface area contributed by atoms with Crippen LogP contribution >= 0.6 is 0 Å². The standard InChI is InChI=1S/C56H63N5/c1-7-22-50(36-44-25-20-31-48(35-44)46-27-14-8-15-28-46)55(57)58-60-33-18-11-13-24-43(3)56(4,5)52-38-51(41-60)54-53(39-52)42(2)23-12-10-19-34-61(54)59(6)40-45-26-21-32-49(37-45)47-29-16-9-17-30-47/h7,9-14,16-32,35-37,39,51,55,58H,2-3,8,15,33-34,38,40-41,57H2,1,4-6H3/b18-11-,19-10-,22-7-,23-12-,24-13-,50-36+. The van der Waals surface area contributed by atoms with Gasteiger partial charge in [0.05, 0.1) is 12.7 Å². The zero-order chi connectivity index (χ0) is 42.8. The van der Waals surface area contributed by atoms with Crippen LogP contribution in [-0.4, -0.2) is 47.9 Å². The van der Waals surface area contributed by atoms with Crippen molar-refractivity contribution in [3.05, 3.63) is 227 Å². The van der Waals surface area contributed by atoms with Crippen molar-refractivity contribution in [3.63, 3.8) is 0 Å². The molecule has 0 amide bonds. The van der Waals surface area contributed by atoms with Gasteiger partial charge in [0.15, 0.2) is 0 Å². The van der Waals surface area contributed by atoms with Crippen molar-refractivity contribution in [2.45, 2.75) is 52.7 Å². The number of hydrogen-bond donors (Lipinski definition) is 2. The third-order valence-corrected chi connectivity index (χ3v) is 12.3. The van der Waals surface area contributed by atoms with E-state index in [2.05, 4.69) is 231 Å². The molecule has 3 aromatic rings. The summed E-state index contributed by atoms with van der Waals surface area (Å²) >= 11 is 0. The Balaban J connectivity index is 1.25. The topological polar surface area (TPSA) is 47.8 Å². The Morgan fingerprint density at radius 1 is 0.869 bits per heavy atom. The van der Waals surface area contributed by atoms with E-state index in [0.29, 0.717) is 13.1 Å². The van der Waals surface area contributed by atoms with E-state index < -0.39 is 6.17 Å². The summed E-state index contributed by atoms with van der Waals surface area (Å²) < 4.78 is 0. The Morgan fingerprint density at radius 3 is 2.41 bits per heavy atom. The second-order valence-corrected chi connectivity index (χ2v) is 17.0. The average molecular weight is 806 g/mol. The molecule has 2 unspecified atom stereocenters. The molecule has 5 nitrogen and oxygen atoms in total. The Hall–Kier alpha value is -5.82. The second-order valence-electron chi connectivity index (χ2n) is 17.0. The minimum Gasteiger partial charge on any atom is -0.311 e. The first-order chi connectivity index (χ1) is 29.6. The van der Waals surface area contributed by atoms with Crippen molar-refractivity contribution < 1.29 is 0 Å². The lowest BCUT2D eigenvalue weighted by Crippen LogP contribution is -2.53. The summed E-state index contributed by atoms with van der Waals surface area (Å²) in [7, 11) is 2.21. The maximum absolute atomic E-state index is 7.19. The molecule has 61 heavy (non-hydrogen) atoms. The van der Waals surface area contributed by atoms with Gasteiger partial charge in [0.2, 0.25) is 0 Å². The monoisotopic (exact) mass is 806 g/mol. The zero-order valence-electron chi connectivity index (χ0n) is 36.6. The highest BCUT2D eigenvalue weighted by molar-refractivity contribution is 5.76. The molecule has 2 atom stereocenters. The number of allylic oxidation sites excluding steroid dienone is 16. The van der Waals surface area contributed by atoms with Gasteiger partial charge in [-0.25, -0.2) is 15.4 Å². The van der Waals surface area contributed by atoms with Crippen LogP contribution in [0.15, 0.2) is 211 Å². The molecule has 3 aromatic carbocycles. The van der Waals surface area contributed by atoms with E-state index in [4.69, 9.17) is 5.73 Å². The smallest absolute Gasteiger partial charge is 0.0940 e. The largest absolute Gasteiger partial charge is 0.311 e. The van der Waals surface area contributed by atoms with Gasteiger partial charge in [0.25, 0.3) is 0 Å². The lowest BCUT2D eigenvalue weighted by atomic mass is 9.70. The SMILES string of the molecule is C=C1/C=C\C=C/CN(N(C)Cc2cccc(-c3ccccc3)c2)C2=C1C=C1CC2CN(NC(N)C(/C=C\C)=C/c2cccc(C3=CCCC=C3)c2)C/C=C\C=C/C(=C)C1(C)C. The minimum atomic E-state index is -0.453. The van der Waals surface area contributed by atoms with E-state index in [1.165, 1.54) is 39.1 Å². The molecule has 312 valence electrons. The first kappa shape index (κ1) is 43.3. The molecule has 2 aliphatic heterocycles. The van der Waals surface area contributed by atoms with Gasteiger partial charge in [-0.3, -0.25) is 0 Å². The molecule has 0 fully saturated rings. The fourth-order valence-corrected chi connectivity index (χ4v) is 8.67. The van der Waals surface area contributed by atoms with Gasteiger partial charge in [0.1, 0.15) is 0 Å². The van der Waals surface area contributed by atoms with Crippen LogP contribution in [0.2, 0.25) is 0 Å². The molecule has 7 rings (SSSR count). The van der Waals surface area contributed by atoms with Gasteiger partial charge in [0, 0.05) is 49.3 Å². The minimum absolute atomic E-state index is 0.0935. The van der Waals surface area contributed by atoms with E-state index in [9.17, 15) is 0 Å². The molecule has 4 aliphatic rings. The number of nitrogens with two attached hydrogens (primary N) is 1. The zero-order valence-corrected chi connectivity index (χ0v) is 36.6. The van der Waals surface area contributed by atoms with Crippen molar-refractivity contribution in [1.29, 1.82) is 0 Å². The second kappa shape index (κ2) is 20.2. The molecule has 0 saturated heterocycles. The third-order valence-electron chi connectivity index (χ3n) is 12.3. The van der Waals surface area contributed by atoms with Gasteiger partial charge in [-0.15, -0.1) is 0 Å². The van der Waals surface area contributed by atoms with Crippen LogP contribution in [0, 0.1) is 11.3 Å².